The first-order chi connectivity index (χ1) is 12.5. The number of nitrogens with two attached hydrogens (primary N) is 1. The van der Waals surface area contributed by atoms with Crippen LogP contribution in [0.25, 0.3) is 0 Å². The Morgan fingerprint density at radius 3 is 1.81 bits per heavy atom. The van der Waals surface area contributed by atoms with E-state index in [0.717, 1.165) is 5.56 Å². The van der Waals surface area contributed by atoms with Crippen molar-refractivity contribution in [1.29, 1.82) is 0 Å². The first-order valence-electron chi connectivity index (χ1n) is 8.17. The highest BCUT2D eigenvalue weighted by molar-refractivity contribution is 6.07. The molecule has 3 rings (SSSR count). The van der Waals surface area contributed by atoms with Crippen molar-refractivity contribution >= 4 is 28.9 Å². The Balaban J connectivity index is 1.83. The van der Waals surface area contributed by atoms with Crippen molar-refractivity contribution in [3.05, 3.63) is 89.5 Å². The Hall–Kier alpha value is -3.60. The molecule has 0 fully saturated rings. The molecule has 0 saturated heterocycles. The van der Waals surface area contributed by atoms with E-state index in [9.17, 15) is 9.59 Å². The van der Waals surface area contributed by atoms with Gasteiger partial charge < -0.3 is 16.4 Å². The molecule has 4 N–H and O–H groups in total. The lowest BCUT2D eigenvalue weighted by molar-refractivity contribution is 0.101. The van der Waals surface area contributed by atoms with E-state index in [2.05, 4.69) is 10.6 Å². The summed E-state index contributed by atoms with van der Waals surface area (Å²) in [5, 5.41) is 5.66. The third kappa shape index (κ3) is 3.89. The van der Waals surface area contributed by atoms with Crippen LogP contribution < -0.4 is 16.4 Å². The molecule has 0 aromatic heterocycles. The Bertz CT molecular complexity index is 938. The number of carbonyl (C=O) groups excluding carboxylic acids is 2. The fraction of sp³-hybridized carbons (Fsp3) is 0.0476. The van der Waals surface area contributed by atoms with Crippen LogP contribution in [0.4, 0.5) is 17.1 Å². The molecule has 5 nitrogen and oxygen atoms in total. The average molecular weight is 345 g/mol. The summed E-state index contributed by atoms with van der Waals surface area (Å²) in [6.45, 7) is 1.82. The lowest BCUT2D eigenvalue weighted by atomic mass is 10.1. The Morgan fingerprint density at radius 2 is 1.27 bits per heavy atom. The van der Waals surface area contributed by atoms with Crippen LogP contribution in [-0.2, 0) is 0 Å². The predicted molar refractivity (Wildman–Crippen MR) is 104 cm³/mol. The third-order valence-electron chi connectivity index (χ3n) is 4.03. The van der Waals surface area contributed by atoms with Crippen LogP contribution in [0.15, 0.2) is 72.8 Å². The summed E-state index contributed by atoms with van der Waals surface area (Å²) in [6.07, 6.45) is 0. The zero-order valence-electron chi connectivity index (χ0n) is 14.3. The van der Waals surface area contributed by atoms with Crippen molar-refractivity contribution in [2.75, 3.05) is 16.4 Å². The molecule has 0 saturated carbocycles. The van der Waals surface area contributed by atoms with Crippen molar-refractivity contribution in [2.45, 2.75) is 6.92 Å². The minimum atomic E-state index is -0.241. The predicted octanol–water partition coefficient (Wildman–Crippen LogP) is 4.08. The fourth-order valence-electron chi connectivity index (χ4n) is 2.52. The van der Waals surface area contributed by atoms with Gasteiger partial charge in [-0.3, -0.25) is 9.59 Å². The monoisotopic (exact) mass is 345 g/mol. The van der Waals surface area contributed by atoms with Crippen LogP contribution in [0.5, 0.6) is 0 Å². The van der Waals surface area contributed by atoms with Crippen molar-refractivity contribution in [1.82, 2.24) is 0 Å². The maximum Gasteiger partial charge on any atom is 0.255 e. The van der Waals surface area contributed by atoms with E-state index in [1.54, 1.807) is 60.7 Å². The molecule has 130 valence electrons. The largest absolute Gasteiger partial charge is 0.398 e. The molecular formula is C21H19N3O2. The van der Waals surface area contributed by atoms with Crippen molar-refractivity contribution in [3.63, 3.8) is 0 Å². The van der Waals surface area contributed by atoms with Crippen LogP contribution >= 0.6 is 0 Å². The molecule has 0 heterocycles. The number of hydrogen-bond donors (Lipinski definition) is 3. The van der Waals surface area contributed by atoms with Gasteiger partial charge in [0.05, 0.1) is 0 Å². The van der Waals surface area contributed by atoms with E-state index in [-0.39, 0.29) is 11.8 Å². The molecular weight excluding hydrogens is 326 g/mol. The second-order valence-electron chi connectivity index (χ2n) is 5.88. The number of amides is 2. The molecule has 26 heavy (non-hydrogen) atoms. The van der Waals surface area contributed by atoms with Crippen LogP contribution in [0.1, 0.15) is 26.3 Å². The first-order valence-corrected chi connectivity index (χ1v) is 8.17. The summed E-state index contributed by atoms with van der Waals surface area (Å²) in [4.78, 5) is 24.7. The summed E-state index contributed by atoms with van der Waals surface area (Å²) in [6, 6.07) is 21.2. The van der Waals surface area contributed by atoms with E-state index >= 15 is 0 Å². The van der Waals surface area contributed by atoms with E-state index in [4.69, 9.17) is 5.73 Å². The molecule has 0 bridgehead atoms. The van der Waals surface area contributed by atoms with Gasteiger partial charge in [-0.2, -0.15) is 0 Å². The fourth-order valence-corrected chi connectivity index (χ4v) is 2.52. The number of hydrogen-bond acceptors (Lipinski definition) is 3. The summed E-state index contributed by atoms with van der Waals surface area (Å²) in [7, 11) is 0. The molecule has 0 spiro atoms. The number of carbonyl (C=O) groups is 2. The first kappa shape index (κ1) is 17.2. The molecule has 2 amide bonds. The molecule has 3 aromatic carbocycles. The summed E-state index contributed by atoms with van der Waals surface area (Å²) >= 11 is 0. The molecule has 0 aliphatic carbocycles. The Kier molecular flexibility index (Phi) is 4.99. The number of benzene rings is 3. The van der Waals surface area contributed by atoms with Crippen LogP contribution in [-0.4, -0.2) is 11.8 Å². The topological polar surface area (TPSA) is 84.2 Å². The number of anilines is 3. The lowest BCUT2D eigenvalue weighted by Crippen LogP contribution is -2.15. The molecule has 3 aromatic rings. The second-order valence-corrected chi connectivity index (χ2v) is 5.88. The minimum Gasteiger partial charge on any atom is -0.398 e. The van der Waals surface area contributed by atoms with Crippen LogP contribution in [0.2, 0.25) is 0 Å². The molecule has 5 heteroatoms. The highest BCUT2D eigenvalue weighted by Gasteiger charge is 2.12. The molecule has 0 atom stereocenters. The normalized spacial score (nSPS) is 10.2. The summed E-state index contributed by atoms with van der Waals surface area (Å²) < 4.78 is 0. The number of nitrogens with one attached hydrogen (secondary N) is 2. The van der Waals surface area contributed by atoms with Gasteiger partial charge in [-0.25, -0.2) is 0 Å². The Morgan fingerprint density at radius 1 is 0.769 bits per heavy atom. The van der Waals surface area contributed by atoms with Gasteiger partial charge in [-0.05, 0) is 48.9 Å². The van der Waals surface area contributed by atoms with Crippen LogP contribution in [0, 0.1) is 6.92 Å². The number of rotatable bonds is 4. The quantitative estimate of drug-likeness (QED) is 0.623. The van der Waals surface area contributed by atoms with Gasteiger partial charge in [0.2, 0.25) is 0 Å². The highest BCUT2D eigenvalue weighted by Crippen LogP contribution is 2.27. The van der Waals surface area contributed by atoms with E-state index < -0.39 is 0 Å². The van der Waals surface area contributed by atoms with E-state index in [1.807, 2.05) is 19.1 Å². The number of nitrogen functional groups attached to an aromatic ring is 1. The highest BCUT2D eigenvalue weighted by atomic mass is 16.2. The Labute approximate surface area is 151 Å². The van der Waals surface area contributed by atoms with E-state index in [0.29, 0.717) is 28.2 Å². The zero-order valence-corrected chi connectivity index (χ0v) is 14.3. The van der Waals surface area contributed by atoms with Gasteiger partial charge in [0, 0.05) is 28.2 Å². The standard InChI is InChI=1S/C21H19N3O2/c1-14-18(22)12-17(23-20(25)15-8-4-2-5-9-15)13-19(14)24-21(26)16-10-6-3-7-11-16/h2-13H,22H2,1H3,(H,23,25)(H,24,26). The maximum absolute atomic E-state index is 12.4. The van der Waals surface area contributed by atoms with Crippen molar-refractivity contribution in [2.24, 2.45) is 0 Å². The van der Waals surface area contributed by atoms with Gasteiger partial charge >= 0.3 is 0 Å². The lowest BCUT2D eigenvalue weighted by Gasteiger charge is -2.14. The second kappa shape index (κ2) is 7.53. The van der Waals surface area contributed by atoms with Gasteiger partial charge in [-0.15, -0.1) is 0 Å². The SMILES string of the molecule is Cc1c(N)cc(NC(=O)c2ccccc2)cc1NC(=O)c1ccccc1. The molecule has 0 aliphatic rings. The van der Waals surface area contributed by atoms with Crippen molar-refractivity contribution < 1.29 is 9.59 Å². The van der Waals surface area contributed by atoms with Crippen molar-refractivity contribution in [3.8, 4) is 0 Å². The summed E-state index contributed by atoms with van der Waals surface area (Å²) in [5.74, 6) is -0.478. The van der Waals surface area contributed by atoms with Gasteiger partial charge in [-0.1, -0.05) is 36.4 Å². The smallest absolute Gasteiger partial charge is 0.255 e. The van der Waals surface area contributed by atoms with E-state index in [1.165, 1.54) is 0 Å². The minimum absolute atomic E-state index is 0.236. The van der Waals surface area contributed by atoms with Crippen LogP contribution in [0.3, 0.4) is 0 Å². The van der Waals surface area contributed by atoms with Gasteiger partial charge in [0.25, 0.3) is 11.8 Å². The van der Waals surface area contributed by atoms with Gasteiger partial charge in [0.15, 0.2) is 0 Å². The third-order valence-corrected chi connectivity index (χ3v) is 4.03. The molecule has 0 unspecified atom stereocenters. The average Bonchev–Trinajstić information content (AvgIpc) is 2.67. The zero-order chi connectivity index (χ0) is 18.5. The summed E-state index contributed by atoms with van der Waals surface area (Å²) in [5.41, 5.74) is 9.44. The van der Waals surface area contributed by atoms with Gasteiger partial charge in [0.1, 0.15) is 0 Å². The molecule has 0 aliphatic heterocycles. The molecule has 0 radical (unpaired) electrons. The maximum atomic E-state index is 12.4.